The molecule has 19 heavy (non-hydrogen) atoms. The van der Waals surface area contributed by atoms with Crippen molar-refractivity contribution in [2.45, 2.75) is 32.7 Å². The van der Waals surface area contributed by atoms with Crippen molar-refractivity contribution in [3.8, 4) is 0 Å². The van der Waals surface area contributed by atoms with Crippen LogP contribution in [-0.2, 0) is 17.7 Å². The standard InChI is InChI=1S/C15H25N3O/c1-3-14-8-13(10-16)9-15(17-14)18(2)11-12-4-6-19-7-5-12/h8-9,12H,3-7,10-11,16H2,1-2H3. The van der Waals surface area contributed by atoms with Gasteiger partial charge in [-0.1, -0.05) is 6.92 Å². The number of hydrogen-bond donors (Lipinski definition) is 1. The SMILES string of the molecule is CCc1cc(CN)cc(N(C)CC2CCOCC2)n1. The summed E-state index contributed by atoms with van der Waals surface area (Å²) in [6, 6.07) is 4.21. The molecule has 2 rings (SSSR count). The Morgan fingerprint density at radius 1 is 1.37 bits per heavy atom. The number of ether oxygens (including phenoxy) is 1. The lowest BCUT2D eigenvalue weighted by molar-refractivity contribution is 0.0685. The summed E-state index contributed by atoms with van der Waals surface area (Å²) in [6.45, 7) is 5.55. The van der Waals surface area contributed by atoms with Crippen LogP contribution in [0, 0.1) is 5.92 Å². The minimum Gasteiger partial charge on any atom is -0.381 e. The molecule has 0 radical (unpaired) electrons. The van der Waals surface area contributed by atoms with Gasteiger partial charge in [0, 0.05) is 39.0 Å². The van der Waals surface area contributed by atoms with Gasteiger partial charge < -0.3 is 15.4 Å². The molecule has 0 bridgehead atoms. The van der Waals surface area contributed by atoms with E-state index in [2.05, 4.69) is 31.0 Å². The molecule has 1 aliphatic rings. The fourth-order valence-corrected chi connectivity index (χ4v) is 2.54. The maximum absolute atomic E-state index is 5.76. The molecule has 0 aliphatic carbocycles. The zero-order chi connectivity index (χ0) is 13.7. The predicted molar refractivity (Wildman–Crippen MR) is 78.3 cm³/mol. The Morgan fingerprint density at radius 2 is 2.11 bits per heavy atom. The van der Waals surface area contributed by atoms with Crippen LogP contribution in [0.3, 0.4) is 0 Å². The van der Waals surface area contributed by atoms with Crippen molar-refractivity contribution in [2.24, 2.45) is 11.7 Å². The van der Waals surface area contributed by atoms with Crippen molar-refractivity contribution in [3.05, 3.63) is 23.4 Å². The average molecular weight is 263 g/mol. The Bertz CT molecular complexity index is 380. The van der Waals surface area contributed by atoms with Gasteiger partial charge in [-0.15, -0.1) is 0 Å². The number of pyridine rings is 1. The number of aryl methyl sites for hydroxylation is 1. The minimum absolute atomic E-state index is 0.577. The lowest BCUT2D eigenvalue weighted by Crippen LogP contribution is -2.30. The largest absolute Gasteiger partial charge is 0.381 e. The highest BCUT2D eigenvalue weighted by atomic mass is 16.5. The van der Waals surface area contributed by atoms with Gasteiger partial charge >= 0.3 is 0 Å². The molecular weight excluding hydrogens is 238 g/mol. The van der Waals surface area contributed by atoms with E-state index in [-0.39, 0.29) is 0 Å². The van der Waals surface area contributed by atoms with Crippen LogP contribution in [-0.4, -0.2) is 31.8 Å². The number of nitrogens with two attached hydrogens (primary N) is 1. The monoisotopic (exact) mass is 263 g/mol. The van der Waals surface area contributed by atoms with E-state index in [0.29, 0.717) is 12.5 Å². The highest BCUT2D eigenvalue weighted by molar-refractivity contribution is 5.42. The average Bonchev–Trinajstić information content (AvgIpc) is 2.47. The van der Waals surface area contributed by atoms with Crippen LogP contribution in [0.15, 0.2) is 12.1 Å². The Hall–Kier alpha value is -1.13. The van der Waals surface area contributed by atoms with Crippen LogP contribution in [0.1, 0.15) is 31.0 Å². The third kappa shape index (κ3) is 3.91. The van der Waals surface area contributed by atoms with Gasteiger partial charge in [-0.25, -0.2) is 4.98 Å². The highest BCUT2D eigenvalue weighted by Crippen LogP contribution is 2.20. The van der Waals surface area contributed by atoms with E-state index >= 15 is 0 Å². The first kappa shape index (κ1) is 14.3. The first-order valence-corrected chi connectivity index (χ1v) is 7.21. The van der Waals surface area contributed by atoms with Gasteiger partial charge in [0.2, 0.25) is 0 Å². The van der Waals surface area contributed by atoms with Gasteiger partial charge in [0.1, 0.15) is 5.82 Å². The zero-order valence-electron chi connectivity index (χ0n) is 12.1. The van der Waals surface area contributed by atoms with E-state index in [1.54, 1.807) is 0 Å². The van der Waals surface area contributed by atoms with Gasteiger partial charge in [-0.2, -0.15) is 0 Å². The van der Waals surface area contributed by atoms with E-state index < -0.39 is 0 Å². The Labute approximate surface area is 116 Å². The fourth-order valence-electron chi connectivity index (χ4n) is 2.54. The number of anilines is 1. The zero-order valence-corrected chi connectivity index (χ0v) is 12.1. The summed E-state index contributed by atoms with van der Waals surface area (Å²) in [4.78, 5) is 6.96. The summed E-state index contributed by atoms with van der Waals surface area (Å²) in [6.07, 6.45) is 3.26. The molecule has 4 heteroatoms. The molecule has 1 aromatic heterocycles. The van der Waals surface area contributed by atoms with E-state index in [4.69, 9.17) is 15.5 Å². The van der Waals surface area contributed by atoms with E-state index in [0.717, 1.165) is 50.5 Å². The third-order valence-electron chi connectivity index (χ3n) is 3.79. The van der Waals surface area contributed by atoms with Crippen molar-refractivity contribution in [1.82, 2.24) is 4.98 Å². The van der Waals surface area contributed by atoms with Crippen molar-refractivity contribution < 1.29 is 4.74 Å². The lowest BCUT2D eigenvalue weighted by atomic mass is 10.00. The number of hydrogen-bond acceptors (Lipinski definition) is 4. The highest BCUT2D eigenvalue weighted by Gasteiger charge is 2.17. The second kappa shape index (κ2) is 6.87. The number of nitrogens with zero attached hydrogens (tertiary/aromatic N) is 2. The number of rotatable bonds is 5. The van der Waals surface area contributed by atoms with Gasteiger partial charge in [0.25, 0.3) is 0 Å². The molecule has 106 valence electrons. The Morgan fingerprint density at radius 3 is 2.74 bits per heavy atom. The molecule has 1 saturated heterocycles. The summed E-state index contributed by atoms with van der Waals surface area (Å²) in [5.41, 5.74) is 8.05. The lowest BCUT2D eigenvalue weighted by Gasteiger charge is -2.28. The van der Waals surface area contributed by atoms with Crippen molar-refractivity contribution >= 4 is 5.82 Å². The Kier molecular flexibility index (Phi) is 5.16. The van der Waals surface area contributed by atoms with Crippen LogP contribution in [0.4, 0.5) is 5.82 Å². The van der Waals surface area contributed by atoms with Crippen LogP contribution in [0.2, 0.25) is 0 Å². The molecule has 1 fully saturated rings. The van der Waals surface area contributed by atoms with E-state index in [9.17, 15) is 0 Å². The topological polar surface area (TPSA) is 51.4 Å². The molecule has 0 saturated carbocycles. The summed E-state index contributed by atoms with van der Waals surface area (Å²) in [5, 5.41) is 0. The van der Waals surface area contributed by atoms with Crippen LogP contribution in [0.25, 0.3) is 0 Å². The first-order chi connectivity index (χ1) is 9.22. The predicted octanol–water partition coefficient (Wildman–Crippen LogP) is 1.97. The van der Waals surface area contributed by atoms with Crippen LogP contribution in [0.5, 0.6) is 0 Å². The van der Waals surface area contributed by atoms with E-state index in [1.807, 2.05) is 0 Å². The first-order valence-electron chi connectivity index (χ1n) is 7.21. The molecule has 1 aromatic rings. The molecule has 0 atom stereocenters. The van der Waals surface area contributed by atoms with Gasteiger partial charge in [-0.05, 0) is 42.9 Å². The van der Waals surface area contributed by atoms with Crippen molar-refractivity contribution in [3.63, 3.8) is 0 Å². The molecule has 4 nitrogen and oxygen atoms in total. The summed E-state index contributed by atoms with van der Waals surface area (Å²) < 4.78 is 5.41. The molecule has 0 amide bonds. The summed E-state index contributed by atoms with van der Waals surface area (Å²) in [7, 11) is 2.12. The summed E-state index contributed by atoms with van der Waals surface area (Å²) >= 11 is 0. The third-order valence-corrected chi connectivity index (χ3v) is 3.79. The van der Waals surface area contributed by atoms with Gasteiger partial charge in [0.05, 0.1) is 0 Å². The Balaban J connectivity index is 2.06. The molecule has 0 spiro atoms. The minimum atomic E-state index is 0.577. The second-order valence-corrected chi connectivity index (χ2v) is 5.32. The molecule has 2 N–H and O–H groups in total. The summed E-state index contributed by atoms with van der Waals surface area (Å²) in [5.74, 6) is 1.76. The maximum Gasteiger partial charge on any atom is 0.128 e. The van der Waals surface area contributed by atoms with Crippen LogP contribution >= 0.6 is 0 Å². The molecule has 2 heterocycles. The molecular formula is C15H25N3O. The fraction of sp³-hybridized carbons (Fsp3) is 0.667. The second-order valence-electron chi connectivity index (χ2n) is 5.32. The normalized spacial score (nSPS) is 16.6. The molecule has 1 aliphatic heterocycles. The van der Waals surface area contributed by atoms with Gasteiger partial charge in [-0.3, -0.25) is 0 Å². The smallest absolute Gasteiger partial charge is 0.128 e. The quantitative estimate of drug-likeness (QED) is 0.882. The maximum atomic E-state index is 5.76. The molecule has 0 unspecified atom stereocenters. The number of aromatic nitrogens is 1. The van der Waals surface area contributed by atoms with Gasteiger partial charge in [0.15, 0.2) is 0 Å². The van der Waals surface area contributed by atoms with Crippen molar-refractivity contribution in [1.29, 1.82) is 0 Å². The van der Waals surface area contributed by atoms with E-state index in [1.165, 1.54) is 5.56 Å². The van der Waals surface area contributed by atoms with Crippen molar-refractivity contribution in [2.75, 3.05) is 31.7 Å². The molecule has 0 aromatic carbocycles. The van der Waals surface area contributed by atoms with Crippen LogP contribution < -0.4 is 10.6 Å².